The Labute approximate surface area is 120 Å². The van der Waals surface area contributed by atoms with Crippen molar-refractivity contribution in [1.29, 1.82) is 0 Å². The predicted octanol–water partition coefficient (Wildman–Crippen LogP) is 2.63. The topological polar surface area (TPSA) is 49.3 Å². The van der Waals surface area contributed by atoms with Crippen LogP contribution in [-0.2, 0) is 4.79 Å². The maximum atomic E-state index is 13.4. The van der Waals surface area contributed by atoms with E-state index < -0.39 is 0 Å². The minimum atomic E-state index is -0.385. The van der Waals surface area contributed by atoms with E-state index in [-0.39, 0.29) is 11.1 Å². The van der Waals surface area contributed by atoms with Crippen LogP contribution in [0.4, 0.5) is 21.6 Å². The Hall–Kier alpha value is -2.21. The molecule has 0 spiro atoms. The number of hydrogen-bond donors (Lipinski definition) is 0. The smallest absolute Gasteiger partial charge is 0.224 e. The molecule has 0 saturated heterocycles. The first-order valence-electron chi connectivity index (χ1n) is 5.73. The molecule has 0 aliphatic heterocycles. The fraction of sp³-hybridized carbons (Fsp3) is 0.154. The summed E-state index contributed by atoms with van der Waals surface area (Å²) in [6, 6.07) is 5.68. The Kier molecular flexibility index (Phi) is 4.14. The normalized spacial score (nSPS) is 10.2. The van der Waals surface area contributed by atoms with E-state index in [1.54, 1.807) is 25.1 Å². The lowest BCUT2D eigenvalue weighted by atomic mass is 10.2. The summed E-state index contributed by atoms with van der Waals surface area (Å²) in [4.78, 5) is 22.1. The van der Waals surface area contributed by atoms with Crippen LogP contribution >= 0.6 is 11.6 Å². The van der Waals surface area contributed by atoms with Crippen molar-refractivity contribution in [3.8, 4) is 0 Å². The van der Waals surface area contributed by atoms with Gasteiger partial charge >= 0.3 is 0 Å². The van der Waals surface area contributed by atoms with Crippen LogP contribution in [0.2, 0.25) is 5.28 Å². The van der Waals surface area contributed by atoms with Gasteiger partial charge in [0.2, 0.25) is 11.7 Å². The van der Waals surface area contributed by atoms with Crippen LogP contribution < -0.4 is 9.80 Å². The first-order chi connectivity index (χ1) is 9.52. The Morgan fingerprint density at radius 3 is 2.60 bits per heavy atom. The van der Waals surface area contributed by atoms with Gasteiger partial charge in [0.25, 0.3) is 0 Å². The van der Waals surface area contributed by atoms with E-state index in [2.05, 4.69) is 9.97 Å². The van der Waals surface area contributed by atoms with Gasteiger partial charge in [-0.1, -0.05) is 0 Å². The molecule has 0 fully saturated rings. The van der Waals surface area contributed by atoms with Gasteiger partial charge in [-0.15, -0.1) is 0 Å². The molecule has 0 atom stereocenters. The molecule has 1 heterocycles. The quantitative estimate of drug-likeness (QED) is 0.642. The van der Waals surface area contributed by atoms with Crippen LogP contribution in [0.1, 0.15) is 0 Å². The van der Waals surface area contributed by atoms with Crippen molar-refractivity contribution in [2.75, 3.05) is 23.9 Å². The highest BCUT2D eigenvalue weighted by Crippen LogP contribution is 2.32. The predicted molar refractivity (Wildman–Crippen MR) is 76.0 cm³/mol. The maximum absolute atomic E-state index is 13.4. The number of rotatable bonds is 4. The second-order valence-corrected chi connectivity index (χ2v) is 4.52. The zero-order valence-corrected chi connectivity index (χ0v) is 11.7. The van der Waals surface area contributed by atoms with Crippen molar-refractivity contribution in [1.82, 2.24) is 9.97 Å². The molecule has 0 aliphatic rings. The monoisotopic (exact) mass is 294 g/mol. The third kappa shape index (κ3) is 2.85. The third-order valence-corrected chi connectivity index (χ3v) is 2.82. The average Bonchev–Trinajstić information content (AvgIpc) is 2.41. The lowest BCUT2D eigenvalue weighted by Gasteiger charge is -2.23. The third-order valence-electron chi connectivity index (χ3n) is 2.64. The van der Waals surface area contributed by atoms with Crippen molar-refractivity contribution < 1.29 is 9.18 Å². The van der Waals surface area contributed by atoms with E-state index in [9.17, 15) is 9.18 Å². The van der Waals surface area contributed by atoms with Gasteiger partial charge in [-0.3, -0.25) is 9.69 Å². The lowest BCUT2D eigenvalue weighted by molar-refractivity contribution is -0.106. The Balaban J connectivity index is 2.55. The summed E-state index contributed by atoms with van der Waals surface area (Å²) >= 11 is 5.73. The van der Waals surface area contributed by atoms with Crippen LogP contribution in [0.25, 0.3) is 0 Å². The second-order valence-electron chi connectivity index (χ2n) is 4.19. The minimum Gasteiger partial charge on any atom is -0.376 e. The van der Waals surface area contributed by atoms with Crippen molar-refractivity contribution in [3.05, 3.63) is 41.6 Å². The van der Waals surface area contributed by atoms with Crippen LogP contribution in [0, 0.1) is 5.82 Å². The second kappa shape index (κ2) is 5.83. The Morgan fingerprint density at radius 1 is 1.25 bits per heavy atom. The van der Waals surface area contributed by atoms with Gasteiger partial charge in [-0.05, 0) is 35.9 Å². The van der Waals surface area contributed by atoms with Crippen molar-refractivity contribution >= 4 is 35.2 Å². The molecule has 20 heavy (non-hydrogen) atoms. The lowest BCUT2D eigenvalue weighted by Crippen LogP contribution is -2.20. The minimum absolute atomic E-state index is 0.0304. The molecule has 104 valence electrons. The standard InChI is InChI=1S/C13H12ClFN4O/c1-18(2)11-7-9(15)3-4-10(11)19(8-20)12-5-6-16-13(14)17-12/h3-8H,1-2H3. The number of benzene rings is 1. The fourth-order valence-corrected chi connectivity index (χ4v) is 1.90. The number of aromatic nitrogens is 2. The number of halogens is 2. The van der Waals surface area contributed by atoms with Gasteiger partial charge in [0.1, 0.15) is 11.6 Å². The number of anilines is 3. The van der Waals surface area contributed by atoms with Crippen molar-refractivity contribution in [2.24, 2.45) is 0 Å². The highest BCUT2D eigenvalue weighted by molar-refractivity contribution is 6.28. The molecule has 2 rings (SSSR count). The molecular formula is C13H12ClFN4O. The molecule has 1 aromatic carbocycles. The summed E-state index contributed by atoms with van der Waals surface area (Å²) in [7, 11) is 3.52. The van der Waals surface area contributed by atoms with Crippen molar-refractivity contribution in [2.45, 2.75) is 0 Å². The molecule has 0 N–H and O–H groups in total. The van der Waals surface area contributed by atoms with E-state index in [1.807, 2.05) is 0 Å². The maximum Gasteiger partial charge on any atom is 0.224 e. The number of carbonyl (C=O) groups is 1. The number of hydrogen-bond acceptors (Lipinski definition) is 4. The van der Waals surface area contributed by atoms with Gasteiger partial charge in [0.05, 0.1) is 11.4 Å². The molecule has 2 aromatic rings. The van der Waals surface area contributed by atoms with E-state index in [4.69, 9.17) is 11.6 Å². The average molecular weight is 295 g/mol. The van der Waals surface area contributed by atoms with Gasteiger partial charge in [-0.2, -0.15) is 4.98 Å². The van der Waals surface area contributed by atoms with Gasteiger partial charge in [0.15, 0.2) is 0 Å². The van der Waals surface area contributed by atoms with Gasteiger partial charge in [-0.25, -0.2) is 9.37 Å². The summed E-state index contributed by atoms with van der Waals surface area (Å²) in [5.41, 5.74) is 1.05. The highest BCUT2D eigenvalue weighted by Gasteiger charge is 2.16. The van der Waals surface area contributed by atoms with E-state index in [0.717, 1.165) is 0 Å². The summed E-state index contributed by atoms with van der Waals surface area (Å²) in [6.07, 6.45) is 2.04. The zero-order chi connectivity index (χ0) is 14.7. The largest absolute Gasteiger partial charge is 0.376 e. The molecule has 0 radical (unpaired) electrons. The Morgan fingerprint density at radius 2 is 2.00 bits per heavy atom. The molecule has 0 saturated carbocycles. The number of nitrogens with zero attached hydrogens (tertiary/aromatic N) is 4. The molecule has 0 unspecified atom stereocenters. The highest BCUT2D eigenvalue weighted by atomic mass is 35.5. The first-order valence-corrected chi connectivity index (χ1v) is 6.10. The van der Waals surface area contributed by atoms with E-state index >= 15 is 0 Å². The molecule has 5 nitrogen and oxygen atoms in total. The fourth-order valence-electron chi connectivity index (χ4n) is 1.75. The van der Waals surface area contributed by atoms with Gasteiger partial charge in [0, 0.05) is 20.3 Å². The SMILES string of the molecule is CN(C)c1cc(F)ccc1N(C=O)c1ccnc(Cl)n1. The summed E-state index contributed by atoms with van der Waals surface area (Å²) in [5, 5.41) is 0.0304. The summed E-state index contributed by atoms with van der Waals surface area (Å²) in [5.74, 6) is -0.0706. The molecule has 0 bridgehead atoms. The van der Waals surface area contributed by atoms with Crippen LogP contribution in [0.3, 0.4) is 0 Å². The number of amides is 1. The molecule has 1 amide bonds. The molecular weight excluding hydrogens is 283 g/mol. The van der Waals surface area contributed by atoms with E-state index in [0.29, 0.717) is 23.6 Å². The van der Waals surface area contributed by atoms with E-state index in [1.165, 1.54) is 29.3 Å². The van der Waals surface area contributed by atoms with Crippen LogP contribution in [0.5, 0.6) is 0 Å². The molecule has 1 aromatic heterocycles. The summed E-state index contributed by atoms with van der Waals surface area (Å²) < 4.78 is 13.4. The van der Waals surface area contributed by atoms with Gasteiger partial charge < -0.3 is 4.90 Å². The molecule has 0 aliphatic carbocycles. The molecule has 7 heteroatoms. The van der Waals surface area contributed by atoms with Crippen molar-refractivity contribution in [3.63, 3.8) is 0 Å². The summed E-state index contributed by atoms with van der Waals surface area (Å²) in [6.45, 7) is 0. The number of carbonyl (C=O) groups excluding carboxylic acids is 1. The Bertz CT molecular complexity index is 636. The van der Waals surface area contributed by atoms with Crippen LogP contribution in [-0.4, -0.2) is 30.5 Å². The first kappa shape index (κ1) is 14.2. The zero-order valence-electron chi connectivity index (χ0n) is 10.9. The van der Waals surface area contributed by atoms with Crippen LogP contribution in [0.15, 0.2) is 30.5 Å².